The van der Waals surface area contributed by atoms with Gasteiger partial charge in [-0.05, 0) is 18.9 Å². The van der Waals surface area contributed by atoms with E-state index >= 15 is 0 Å². The zero-order valence-electron chi connectivity index (χ0n) is 12.4. The Morgan fingerprint density at radius 2 is 1.91 bits per heavy atom. The first kappa shape index (κ1) is 13.9. The standard InChI is InChI=1S/C13H18N6O2S/c1-22(20,21)18-6-4-17(5-7-18)12-8-11(10-2-3-10)16-19-9-14-15-13(12)19/h8-10H,2-7H2,1H3. The Kier molecular flexibility index (Phi) is 3.08. The Balaban J connectivity index is 1.65. The molecule has 1 aliphatic heterocycles. The van der Waals surface area contributed by atoms with Crippen molar-refractivity contribution in [3.05, 3.63) is 18.1 Å². The largest absolute Gasteiger partial charge is 0.366 e. The van der Waals surface area contributed by atoms with Crippen molar-refractivity contribution >= 4 is 21.4 Å². The van der Waals surface area contributed by atoms with E-state index in [0.29, 0.717) is 32.1 Å². The quantitative estimate of drug-likeness (QED) is 0.796. The molecule has 1 saturated heterocycles. The lowest BCUT2D eigenvalue weighted by atomic mass is 10.2. The van der Waals surface area contributed by atoms with E-state index < -0.39 is 10.0 Å². The van der Waals surface area contributed by atoms with Gasteiger partial charge in [0, 0.05) is 32.1 Å². The van der Waals surface area contributed by atoms with Crippen molar-refractivity contribution in [1.82, 2.24) is 24.1 Å². The molecule has 22 heavy (non-hydrogen) atoms. The smallest absolute Gasteiger partial charge is 0.211 e. The molecule has 0 bridgehead atoms. The molecular weight excluding hydrogens is 304 g/mol. The van der Waals surface area contributed by atoms with Gasteiger partial charge >= 0.3 is 0 Å². The van der Waals surface area contributed by atoms with Gasteiger partial charge in [0.15, 0.2) is 0 Å². The van der Waals surface area contributed by atoms with Crippen LogP contribution in [-0.4, -0.2) is 65.0 Å². The molecule has 0 unspecified atom stereocenters. The predicted molar refractivity (Wildman–Crippen MR) is 81.4 cm³/mol. The highest BCUT2D eigenvalue weighted by Gasteiger charge is 2.29. The van der Waals surface area contributed by atoms with Crippen LogP contribution in [-0.2, 0) is 10.0 Å². The molecule has 8 nitrogen and oxygen atoms in total. The van der Waals surface area contributed by atoms with Crippen LogP contribution in [0.3, 0.4) is 0 Å². The Bertz CT molecular complexity index is 805. The number of hydrogen-bond donors (Lipinski definition) is 0. The lowest BCUT2D eigenvalue weighted by Crippen LogP contribution is -2.48. The van der Waals surface area contributed by atoms with Gasteiger partial charge in [0.25, 0.3) is 0 Å². The first-order chi connectivity index (χ1) is 10.5. The fourth-order valence-corrected chi connectivity index (χ4v) is 3.73. The molecule has 1 aliphatic carbocycles. The van der Waals surface area contributed by atoms with E-state index in [1.54, 1.807) is 10.8 Å². The summed E-state index contributed by atoms with van der Waals surface area (Å²) >= 11 is 0. The second-order valence-electron chi connectivity index (χ2n) is 5.98. The van der Waals surface area contributed by atoms with Gasteiger partial charge in [0.2, 0.25) is 15.7 Å². The summed E-state index contributed by atoms with van der Waals surface area (Å²) < 4.78 is 26.5. The third kappa shape index (κ3) is 2.44. The van der Waals surface area contributed by atoms with E-state index in [9.17, 15) is 8.42 Å². The normalized spacial score (nSPS) is 20.7. The van der Waals surface area contributed by atoms with Gasteiger partial charge in [-0.1, -0.05) is 0 Å². The van der Waals surface area contributed by atoms with E-state index in [1.807, 2.05) is 0 Å². The fourth-order valence-electron chi connectivity index (χ4n) is 2.90. The highest BCUT2D eigenvalue weighted by molar-refractivity contribution is 7.88. The predicted octanol–water partition coefficient (Wildman–Crippen LogP) is 0.0833. The summed E-state index contributed by atoms with van der Waals surface area (Å²) in [7, 11) is -3.11. The van der Waals surface area contributed by atoms with Crippen molar-refractivity contribution in [2.24, 2.45) is 0 Å². The Hall–Kier alpha value is -1.74. The molecule has 0 N–H and O–H groups in total. The van der Waals surface area contributed by atoms with Crippen molar-refractivity contribution in [3.8, 4) is 0 Å². The molecular formula is C13H18N6O2S. The van der Waals surface area contributed by atoms with Crippen molar-refractivity contribution in [3.63, 3.8) is 0 Å². The third-order valence-electron chi connectivity index (χ3n) is 4.31. The van der Waals surface area contributed by atoms with Gasteiger partial charge in [0.1, 0.15) is 6.33 Å². The lowest BCUT2D eigenvalue weighted by molar-refractivity contribution is 0.388. The highest BCUT2D eigenvalue weighted by atomic mass is 32.2. The molecule has 2 aromatic rings. The number of anilines is 1. The van der Waals surface area contributed by atoms with Crippen LogP contribution in [0.2, 0.25) is 0 Å². The molecule has 118 valence electrons. The number of piperazine rings is 1. The maximum atomic E-state index is 11.6. The molecule has 2 aromatic heterocycles. The molecule has 0 amide bonds. The minimum absolute atomic E-state index is 0.500. The van der Waals surface area contributed by atoms with Gasteiger partial charge in [-0.2, -0.15) is 13.9 Å². The molecule has 0 spiro atoms. The van der Waals surface area contributed by atoms with Crippen LogP contribution < -0.4 is 4.90 Å². The number of nitrogens with zero attached hydrogens (tertiary/aromatic N) is 6. The monoisotopic (exact) mass is 322 g/mol. The topological polar surface area (TPSA) is 83.7 Å². The first-order valence-electron chi connectivity index (χ1n) is 7.43. The maximum absolute atomic E-state index is 11.6. The van der Waals surface area contributed by atoms with E-state index in [-0.39, 0.29) is 0 Å². The summed E-state index contributed by atoms with van der Waals surface area (Å²) in [5, 5.41) is 12.7. The van der Waals surface area contributed by atoms with Gasteiger partial charge in [0.05, 0.1) is 17.6 Å². The van der Waals surface area contributed by atoms with Crippen LogP contribution in [0.25, 0.3) is 5.65 Å². The lowest BCUT2D eigenvalue weighted by Gasteiger charge is -2.34. The third-order valence-corrected chi connectivity index (χ3v) is 5.61. The van der Waals surface area contributed by atoms with Crippen LogP contribution in [0.1, 0.15) is 24.5 Å². The number of rotatable bonds is 3. The molecule has 2 fully saturated rings. The highest BCUT2D eigenvalue weighted by Crippen LogP contribution is 2.40. The van der Waals surface area contributed by atoms with Crippen LogP contribution >= 0.6 is 0 Å². The average Bonchev–Trinajstić information content (AvgIpc) is 3.23. The van der Waals surface area contributed by atoms with Gasteiger partial charge in [-0.15, -0.1) is 10.2 Å². The van der Waals surface area contributed by atoms with Crippen molar-refractivity contribution in [2.45, 2.75) is 18.8 Å². The van der Waals surface area contributed by atoms with Crippen molar-refractivity contribution in [2.75, 3.05) is 37.3 Å². The zero-order chi connectivity index (χ0) is 15.3. The number of fused-ring (bicyclic) bond motifs is 1. The Morgan fingerprint density at radius 1 is 1.18 bits per heavy atom. The molecule has 1 saturated carbocycles. The average molecular weight is 322 g/mol. The maximum Gasteiger partial charge on any atom is 0.211 e. The number of hydrogen-bond acceptors (Lipinski definition) is 6. The van der Waals surface area contributed by atoms with E-state index in [0.717, 1.165) is 17.0 Å². The molecule has 0 atom stereocenters. The molecule has 9 heteroatoms. The van der Waals surface area contributed by atoms with Crippen molar-refractivity contribution in [1.29, 1.82) is 0 Å². The van der Waals surface area contributed by atoms with Crippen LogP contribution in [0.15, 0.2) is 12.4 Å². The van der Waals surface area contributed by atoms with Gasteiger partial charge < -0.3 is 4.90 Å². The second kappa shape index (κ2) is 4.88. The van der Waals surface area contributed by atoms with Crippen LogP contribution in [0.4, 0.5) is 5.69 Å². The Morgan fingerprint density at radius 3 is 2.55 bits per heavy atom. The molecule has 3 heterocycles. The molecule has 0 aromatic carbocycles. The summed E-state index contributed by atoms with van der Waals surface area (Å²) in [6, 6.07) is 2.10. The summed E-state index contributed by atoms with van der Waals surface area (Å²) in [6.07, 6.45) is 5.25. The minimum Gasteiger partial charge on any atom is -0.366 e. The summed E-state index contributed by atoms with van der Waals surface area (Å²) in [5.41, 5.74) is 2.81. The molecule has 4 rings (SSSR count). The van der Waals surface area contributed by atoms with E-state index in [2.05, 4.69) is 26.3 Å². The minimum atomic E-state index is -3.11. The van der Waals surface area contributed by atoms with Gasteiger partial charge in [-0.3, -0.25) is 0 Å². The van der Waals surface area contributed by atoms with Crippen molar-refractivity contribution < 1.29 is 8.42 Å². The summed E-state index contributed by atoms with van der Waals surface area (Å²) in [4.78, 5) is 2.18. The molecule has 2 aliphatic rings. The van der Waals surface area contributed by atoms with Crippen LogP contribution in [0.5, 0.6) is 0 Å². The summed E-state index contributed by atoms with van der Waals surface area (Å²) in [5.74, 6) is 0.544. The molecule has 0 radical (unpaired) electrons. The Labute approximate surface area is 128 Å². The summed E-state index contributed by atoms with van der Waals surface area (Å²) in [6.45, 7) is 2.31. The SMILES string of the molecule is CS(=O)(=O)N1CCN(c2cc(C3CC3)nn3cnnc23)CC1. The second-order valence-corrected chi connectivity index (χ2v) is 7.96. The first-order valence-corrected chi connectivity index (χ1v) is 9.28. The van der Waals surface area contributed by atoms with E-state index in [4.69, 9.17) is 0 Å². The van der Waals surface area contributed by atoms with Crippen LogP contribution in [0, 0.1) is 0 Å². The number of sulfonamides is 1. The number of aromatic nitrogens is 4. The van der Waals surface area contributed by atoms with E-state index in [1.165, 1.54) is 23.4 Å². The van der Waals surface area contributed by atoms with Gasteiger partial charge in [-0.25, -0.2) is 8.42 Å². The fraction of sp³-hybridized carbons (Fsp3) is 0.615. The zero-order valence-corrected chi connectivity index (χ0v) is 13.2.